The van der Waals surface area contributed by atoms with E-state index in [1.165, 1.54) is 12.1 Å². The molecule has 2 aromatic rings. The van der Waals surface area contributed by atoms with Gasteiger partial charge in [-0.05, 0) is 29.8 Å². The summed E-state index contributed by atoms with van der Waals surface area (Å²) in [4.78, 5) is 22.9. The molecule has 24 heavy (non-hydrogen) atoms. The number of carbonyl (C=O) groups excluding carboxylic acids is 1. The van der Waals surface area contributed by atoms with E-state index in [1.807, 2.05) is 0 Å². The number of aliphatic carboxylic acids is 1. The molecule has 0 saturated heterocycles. The fourth-order valence-electron chi connectivity index (χ4n) is 2.18. The van der Waals surface area contributed by atoms with E-state index >= 15 is 0 Å². The number of rotatable bonds is 5. The smallest absolute Gasteiger partial charge is 0.307 e. The van der Waals surface area contributed by atoms with E-state index in [9.17, 15) is 30.0 Å². The van der Waals surface area contributed by atoms with Crippen molar-refractivity contribution >= 4 is 11.9 Å². The predicted octanol–water partition coefficient (Wildman–Crippen LogP) is 1.07. The van der Waals surface area contributed by atoms with E-state index in [4.69, 9.17) is 5.11 Å². The van der Waals surface area contributed by atoms with Crippen LogP contribution < -0.4 is 5.32 Å². The fraction of sp³-hybridized carbons (Fsp3) is 0.125. The van der Waals surface area contributed by atoms with Gasteiger partial charge in [0.1, 0.15) is 23.0 Å². The van der Waals surface area contributed by atoms with E-state index in [0.717, 1.165) is 18.2 Å². The van der Waals surface area contributed by atoms with Crippen molar-refractivity contribution in [1.82, 2.24) is 5.32 Å². The molecule has 0 atom stereocenters. The van der Waals surface area contributed by atoms with Crippen molar-refractivity contribution in [1.29, 1.82) is 0 Å². The van der Waals surface area contributed by atoms with E-state index in [1.54, 1.807) is 0 Å². The zero-order valence-electron chi connectivity index (χ0n) is 12.4. The molecule has 0 saturated carbocycles. The fourth-order valence-corrected chi connectivity index (χ4v) is 2.18. The number of hydrogen-bond donors (Lipinski definition) is 6. The molecular formula is C16H15NO7. The molecule has 6 N–H and O–H groups in total. The van der Waals surface area contributed by atoms with E-state index in [2.05, 4.69) is 5.32 Å². The molecule has 1 amide bonds. The third kappa shape index (κ3) is 4.07. The second-order valence-corrected chi connectivity index (χ2v) is 5.11. The number of benzene rings is 2. The van der Waals surface area contributed by atoms with Gasteiger partial charge in [0.05, 0.1) is 12.0 Å². The van der Waals surface area contributed by atoms with Crippen LogP contribution in [0.4, 0.5) is 0 Å². The summed E-state index contributed by atoms with van der Waals surface area (Å²) >= 11 is 0. The SMILES string of the molecule is O=C(O)Cc1cc(O)cc(C(=O)NCc2cc(O)cc(O)c2)c1O. The number of hydrogen-bond acceptors (Lipinski definition) is 6. The molecular weight excluding hydrogens is 318 g/mol. The van der Waals surface area contributed by atoms with Gasteiger partial charge in [-0.2, -0.15) is 0 Å². The quantitative estimate of drug-likeness (QED) is 0.448. The van der Waals surface area contributed by atoms with Crippen LogP contribution in [-0.2, 0) is 17.8 Å². The molecule has 0 unspecified atom stereocenters. The summed E-state index contributed by atoms with van der Waals surface area (Å²) in [6, 6.07) is 5.87. The number of amides is 1. The molecule has 8 nitrogen and oxygen atoms in total. The predicted molar refractivity (Wildman–Crippen MR) is 82.1 cm³/mol. The zero-order valence-corrected chi connectivity index (χ0v) is 12.4. The normalized spacial score (nSPS) is 10.3. The lowest BCUT2D eigenvalue weighted by Crippen LogP contribution is -2.23. The topological polar surface area (TPSA) is 147 Å². The van der Waals surface area contributed by atoms with Crippen molar-refractivity contribution in [2.24, 2.45) is 0 Å². The number of nitrogens with one attached hydrogen (secondary N) is 1. The average Bonchev–Trinajstić information content (AvgIpc) is 2.46. The zero-order chi connectivity index (χ0) is 17.9. The molecule has 0 aliphatic carbocycles. The standard InChI is InChI=1S/C16H15NO7/c18-10-1-8(2-11(19)5-10)7-17-16(24)13-6-12(20)3-9(15(13)23)4-14(21)22/h1-3,5-6,18-20,23H,4,7H2,(H,17,24)(H,21,22). The summed E-state index contributed by atoms with van der Waals surface area (Å²) in [5, 5.41) is 49.6. The second-order valence-electron chi connectivity index (χ2n) is 5.11. The first-order chi connectivity index (χ1) is 11.3. The Kier molecular flexibility index (Phi) is 4.78. The van der Waals surface area contributed by atoms with Crippen LogP contribution in [0.15, 0.2) is 30.3 Å². The third-order valence-corrected chi connectivity index (χ3v) is 3.18. The van der Waals surface area contributed by atoms with Crippen molar-refractivity contribution in [3.8, 4) is 23.0 Å². The molecule has 0 aliphatic heterocycles. The van der Waals surface area contributed by atoms with Crippen LogP contribution in [0.5, 0.6) is 23.0 Å². The van der Waals surface area contributed by atoms with Crippen LogP contribution in [0.3, 0.4) is 0 Å². The highest BCUT2D eigenvalue weighted by Crippen LogP contribution is 2.28. The minimum Gasteiger partial charge on any atom is -0.508 e. The molecule has 0 spiro atoms. The van der Waals surface area contributed by atoms with Gasteiger partial charge in [-0.15, -0.1) is 0 Å². The van der Waals surface area contributed by atoms with Gasteiger partial charge in [0.2, 0.25) is 0 Å². The highest BCUT2D eigenvalue weighted by molar-refractivity contribution is 5.98. The van der Waals surface area contributed by atoms with E-state index < -0.39 is 24.0 Å². The number of phenolic OH excluding ortho intramolecular Hbond substituents is 4. The van der Waals surface area contributed by atoms with Crippen molar-refractivity contribution in [2.45, 2.75) is 13.0 Å². The number of phenols is 4. The van der Waals surface area contributed by atoms with Gasteiger partial charge in [-0.3, -0.25) is 9.59 Å². The van der Waals surface area contributed by atoms with Crippen LogP contribution in [0.2, 0.25) is 0 Å². The molecule has 0 bridgehead atoms. The second kappa shape index (κ2) is 6.78. The van der Waals surface area contributed by atoms with Crippen molar-refractivity contribution in [2.75, 3.05) is 0 Å². The maximum atomic E-state index is 12.1. The van der Waals surface area contributed by atoms with Crippen molar-refractivity contribution < 1.29 is 35.1 Å². The first kappa shape index (κ1) is 16.9. The molecule has 0 fully saturated rings. The summed E-state index contributed by atoms with van der Waals surface area (Å²) < 4.78 is 0. The highest BCUT2D eigenvalue weighted by Gasteiger charge is 2.18. The van der Waals surface area contributed by atoms with E-state index in [0.29, 0.717) is 5.56 Å². The van der Waals surface area contributed by atoms with Gasteiger partial charge in [0, 0.05) is 18.2 Å². The minimum absolute atomic E-state index is 0.0653. The van der Waals surface area contributed by atoms with Gasteiger partial charge in [0.25, 0.3) is 5.91 Å². The Morgan fingerprint density at radius 3 is 2.04 bits per heavy atom. The number of carboxylic acids is 1. The van der Waals surface area contributed by atoms with Gasteiger partial charge < -0.3 is 30.8 Å². The van der Waals surface area contributed by atoms with Crippen LogP contribution in [0, 0.1) is 0 Å². The van der Waals surface area contributed by atoms with E-state index in [-0.39, 0.29) is 34.9 Å². The summed E-state index contributed by atoms with van der Waals surface area (Å²) in [7, 11) is 0. The monoisotopic (exact) mass is 333 g/mol. The summed E-state index contributed by atoms with van der Waals surface area (Å²) in [5.41, 5.74) is 0.0320. The maximum absolute atomic E-state index is 12.1. The molecule has 2 rings (SSSR count). The molecule has 0 aromatic heterocycles. The Bertz CT molecular complexity index is 781. The summed E-state index contributed by atoms with van der Waals surface area (Å²) in [6.07, 6.45) is -0.555. The van der Waals surface area contributed by atoms with Crippen LogP contribution in [0.1, 0.15) is 21.5 Å². The Morgan fingerprint density at radius 1 is 0.875 bits per heavy atom. The maximum Gasteiger partial charge on any atom is 0.307 e. The minimum atomic E-state index is -1.22. The Labute approximate surface area is 136 Å². The Hall–Kier alpha value is -3.42. The van der Waals surface area contributed by atoms with Crippen LogP contribution in [-0.4, -0.2) is 37.4 Å². The molecule has 8 heteroatoms. The molecule has 126 valence electrons. The van der Waals surface area contributed by atoms with Crippen LogP contribution >= 0.6 is 0 Å². The molecule has 0 radical (unpaired) electrons. The van der Waals surface area contributed by atoms with Gasteiger partial charge in [-0.1, -0.05) is 0 Å². The largest absolute Gasteiger partial charge is 0.508 e. The average molecular weight is 333 g/mol. The summed E-state index contributed by atoms with van der Waals surface area (Å²) in [6.45, 7) is -0.0653. The third-order valence-electron chi connectivity index (χ3n) is 3.18. The first-order valence-corrected chi connectivity index (χ1v) is 6.83. The van der Waals surface area contributed by atoms with Gasteiger partial charge in [-0.25, -0.2) is 0 Å². The molecule has 0 aliphatic rings. The highest BCUT2D eigenvalue weighted by atomic mass is 16.4. The lowest BCUT2D eigenvalue weighted by molar-refractivity contribution is -0.136. The lowest BCUT2D eigenvalue weighted by Gasteiger charge is -2.11. The Morgan fingerprint density at radius 2 is 1.46 bits per heavy atom. The van der Waals surface area contributed by atoms with Gasteiger partial charge >= 0.3 is 5.97 Å². The van der Waals surface area contributed by atoms with Crippen LogP contribution in [0.25, 0.3) is 0 Å². The van der Waals surface area contributed by atoms with Crippen molar-refractivity contribution in [3.05, 3.63) is 47.0 Å². The molecule has 2 aromatic carbocycles. The first-order valence-electron chi connectivity index (χ1n) is 6.83. The number of carboxylic acid groups (broad SMARTS) is 1. The molecule has 0 heterocycles. The summed E-state index contributed by atoms with van der Waals surface area (Å²) in [5.74, 6) is -3.22. The number of aromatic hydroxyl groups is 4. The number of carbonyl (C=O) groups is 2. The van der Waals surface area contributed by atoms with Crippen molar-refractivity contribution in [3.63, 3.8) is 0 Å². The Balaban J connectivity index is 2.20. The van der Waals surface area contributed by atoms with Gasteiger partial charge in [0.15, 0.2) is 0 Å². The lowest BCUT2D eigenvalue weighted by atomic mass is 10.0.